The number of nitrogens with one attached hydrogen (secondary N) is 1. The minimum atomic E-state index is -4.31. The molecule has 0 aliphatic rings. The summed E-state index contributed by atoms with van der Waals surface area (Å²) >= 11 is 13.6. The van der Waals surface area contributed by atoms with E-state index in [9.17, 15) is 13.2 Å². The monoisotopic (exact) mass is 416 g/mol. The molecule has 0 spiro atoms. The topological polar surface area (TPSA) is 24.9 Å². The van der Waals surface area contributed by atoms with Crippen LogP contribution in [0.3, 0.4) is 0 Å². The first-order valence-electron chi connectivity index (χ1n) is 7.60. The van der Waals surface area contributed by atoms with E-state index in [1.807, 2.05) is 6.07 Å². The second-order valence-corrected chi connectivity index (χ2v) is 7.50. The van der Waals surface area contributed by atoms with Crippen molar-refractivity contribution in [2.75, 3.05) is 0 Å². The third kappa shape index (κ3) is 4.76. The molecule has 1 N–H and O–H groups in total. The normalized spacial score (nSPS) is 11.7. The van der Waals surface area contributed by atoms with E-state index in [0.29, 0.717) is 23.1 Å². The summed E-state index contributed by atoms with van der Waals surface area (Å²) in [7, 11) is 0. The van der Waals surface area contributed by atoms with Gasteiger partial charge in [0.25, 0.3) is 0 Å². The van der Waals surface area contributed by atoms with Crippen LogP contribution in [0, 0.1) is 0 Å². The van der Waals surface area contributed by atoms with Crippen molar-refractivity contribution in [2.24, 2.45) is 0 Å². The van der Waals surface area contributed by atoms with E-state index < -0.39 is 11.7 Å². The Hall–Kier alpha value is -1.60. The van der Waals surface area contributed by atoms with Crippen molar-refractivity contribution >= 4 is 34.5 Å². The molecule has 0 radical (unpaired) electrons. The van der Waals surface area contributed by atoms with Crippen molar-refractivity contribution in [3.63, 3.8) is 0 Å². The Bertz CT molecular complexity index is 892. The van der Waals surface area contributed by atoms with Gasteiger partial charge in [-0.3, -0.25) is 0 Å². The number of benzene rings is 2. The van der Waals surface area contributed by atoms with Gasteiger partial charge in [0.1, 0.15) is 5.01 Å². The van der Waals surface area contributed by atoms with Crippen molar-refractivity contribution in [1.82, 2.24) is 10.3 Å². The predicted molar refractivity (Wildman–Crippen MR) is 99.6 cm³/mol. The zero-order valence-corrected chi connectivity index (χ0v) is 15.6. The largest absolute Gasteiger partial charge is 0.416 e. The second kappa shape index (κ2) is 7.96. The molecule has 0 saturated heterocycles. The van der Waals surface area contributed by atoms with Crippen LogP contribution in [0.1, 0.15) is 16.1 Å². The molecule has 0 aliphatic carbocycles. The van der Waals surface area contributed by atoms with Gasteiger partial charge in [0.2, 0.25) is 0 Å². The molecular formula is C18H13Cl2F3N2S. The fourth-order valence-electron chi connectivity index (χ4n) is 2.33. The summed E-state index contributed by atoms with van der Waals surface area (Å²) in [5.41, 5.74) is 0.990. The lowest BCUT2D eigenvalue weighted by atomic mass is 10.1. The summed E-state index contributed by atoms with van der Waals surface area (Å²) < 4.78 is 37.6. The summed E-state index contributed by atoms with van der Waals surface area (Å²) in [5.74, 6) is 0. The van der Waals surface area contributed by atoms with Crippen LogP contribution in [-0.2, 0) is 19.3 Å². The van der Waals surface area contributed by atoms with Gasteiger partial charge >= 0.3 is 6.18 Å². The van der Waals surface area contributed by atoms with Crippen molar-refractivity contribution in [3.8, 4) is 10.4 Å². The Balaban J connectivity index is 1.58. The summed E-state index contributed by atoms with van der Waals surface area (Å²) in [6.07, 6.45) is -2.57. The van der Waals surface area contributed by atoms with Crippen LogP contribution < -0.4 is 5.32 Å². The zero-order valence-electron chi connectivity index (χ0n) is 13.3. The van der Waals surface area contributed by atoms with E-state index in [-0.39, 0.29) is 0 Å². The smallest absolute Gasteiger partial charge is 0.306 e. The lowest BCUT2D eigenvalue weighted by Gasteiger charge is -2.08. The SMILES string of the molecule is FC(F)(F)c1ccc(CNCc2ncc(-c3ccc(Cl)cc3Cl)s2)cc1. The summed E-state index contributed by atoms with van der Waals surface area (Å²) in [4.78, 5) is 5.28. The molecule has 3 rings (SSSR count). The van der Waals surface area contributed by atoms with Crippen LogP contribution in [0.4, 0.5) is 13.2 Å². The first-order valence-corrected chi connectivity index (χ1v) is 9.17. The standard InChI is InChI=1S/C18H13Cl2F3N2S/c19-13-5-6-14(15(20)7-13)16-9-25-17(26-16)10-24-8-11-1-3-12(4-2-11)18(21,22)23/h1-7,9,24H,8,10H2. The van der Waals surface area contributed by atoms with Crippen LogP contribution in [0.2, 0.25) is 10.0 Å². The van der Waals surface area contributed by atoms with Crippen molar-refractivity contribution in [2.45, 2.75) is 19.3 Å². The molecule has 0 amide bonds. The van der Waals surface area contributed by atoms with Gasteiger partial charge in [0.05, 0.1) is 15.5 Å². The third-order valence-electron chi connectivity index (χ3n) is 3.64. The van der Waals surface area contributed by atoms with Crippen LogP contribution in [-0.4, -0.2) is 4.98 Å². The molecule has 0 unspecified atom stereocenters. The van der Waals surface area contributed by atoms with Gasteiger partial charge in [0.15, 0.2) is 0 Å². The summed E-state index contributed by atoms with van der Waals surface area (Å²) in [6, 6.07) is 10.4. The molecule has 26 heavy (non-hydrogen) atoms. The summed E-state index contributed by atoms with van der Waals surface area (Å²) in [6.45, 7) is 0.964. The molecule has 0 atom stereocenters. The highest BCUT2D eigenvalue weighted by Crippen LogP contribution is 2.34. The number of hydrogen-bond acceptors (Lipinski definition) is 3. The summed E-state index contributed by atoms with van der Waals surface area (Å²) in [5, 5.41) is 5.17. The molecule has 136 valence electrons. The average Bonchev–Trinajstić information content (AvgIpc) is 3.03. The molecule has 1 heterocycles. The van der Waals surface area contributed by atoms with Gasteiger partial charge in [-0.2, -0.15) is 13.2 Å². The van der Waals surface area contributed by atoms with E-state index in [2.05, 4.69) is 10.3 Å². The molecule has 2 aromatic carbocycles. The number of aromatic nitrogens is 1. The lowest BCUT2D eigenvalue weighted by Crippen LogP contribution is -2.12. The van der Waals surface area contributed by atoms with E-state index >= 15 is 0 Å². The Kier molecular flexibility index (Phi) is 5.87. The predicted octanol–water partition coefficient (Wildman–Crippen LogP) is 6.43. The Morgan fingerprint density at radius 1 is 1.00 bits per heavy atom. The molecule has 2 nitrogen and oxygen atoms in total. The van der Waals surface area contributed by atoms with Gasteiger partial charge in [0, 0.05) is 29.9 Å². The number of rotatable bonds is 5. The number of alkyl halides is 3. The fraction of sp³-hybridized carbons (Fsp3) is 0.167. The van der Waals surface area contributed by atoms with Gasteiger partial charge < -0.3 is 5.32 Å². The highest BCUT2D eigenvalue weighted by atomic mass is 35.5. The van der Waals surface area contributed by atoms with E-state index in [0.717, 1.165) is 33.1 Å². The maximum Gasteiger partial charge on any atom is 0.416 e. The number of thiazole rings is 1. The highest BCUT2D eigenvalue weighted by molar-refractivity contribution is 7.15. The average molecular weight is 417 g/mol. The first-order chi connectivity index (χ1) is 12.3. The molecular weight excluding hydrogens is 404 g/mol. The van der Waals surface area contributed by atoms with Gasteiger partial charge in [-0.05, 0) is 29.8 Å². The molecule has 1 aromatic heterocycles. The van der Waals surface area contributed by atoms with Gasteiger partial charge in [-0.25, -0.2) is 4.98 Å². The van der Waals surface area contributed by atoms with Crippen LogP contribution in [0.5, 0.6) is 0 Å². The van der Waals surface area contributed by atoms with E-state index in [1.165, 1.54) is 23.5 Å². The fourth-order valence-corrected chi connectivity index (χ4v) is 3.82. The number of nitrogens with zero attached hydrogens (tertiary/aromatic N) is 1. The van der Waals surface area contributed by atoms with Gasteiger partial charge in [-0.1, -0.05) is 41.4 Å². The molecule has 0 saturated carbocycles. The second-order valence-electron chi connectivity index (χ2n) is 5.54. The maximum atomic E-state index is 12.5. The zero-order chi connectivity index (χ0) is 18.7. The van der Waals surface area contributed by atoms with Crippen LogP contribution in [0.15, 0.2) is 48.7 Å². The lowest BCUT2D eigenvalue weighted by molar-refractivity contribution is -0.137. The van der Waals surface area contributed by atoms with Crippen molar-refractivity contribution < 1.29 is 13.2 Å². The van der Waals surface area contributed by atoms with E-state index in [1.54, 1.807) is 18.3 Å². The van der Waals surface area contributed by atoms with Crippen molar-refractivity contribution in [1.29, 1.82) is 0 Å². The first kappa shape index (κ1) is 19.2. The van der Waals surface area contributed by atoms with E-state index in [4.69, 9.17) is 23.2 Å². The minimum Gasteiger partial charge on any atom is -0.306 e. The Morgan fingerprint density at radius 3 is 2.38 bits per heavy atom. The molecule has 0 aliphatic heterocycles. The molecule has 8 heteroatoms. The molecule has 0 fully saturated rings. The Morgan fingerprint density at radius 2 is 1.73 bits per heavy atom. The van der Waals surface area contributed by atoms with Crippen LogP contribution in [0.25, 0.3) is 10.4 Å². The Labute approximate surface area is 162 Å². The maximum absolute atomic E-state index is 12.5. The number of hydrogen-bond donors (Lipinski definition) is 1. The van der Waals surface area contributed by atoms with Crippen LogP contribution >= 0.6 is 34.5 Å². The highest BCUT2D eigenvalue weighted by Gasteiger charge is 2.29. The minimum absolute atomic E-state index is 0.453. The molecule has 3 aromatic rings. The molecule has 0 bridgehead atoms. The van der Waals surface area contributed by atoms with Crippen molar-refractivity contribution in [3.05, 3.63) is 74.8 Å². The van der Waals surface area contributed by atoms with Gasteiger partial charge in [-0.15, -0.1) is 11.3 Å². The number of halogens is 5. The quantitative estimate of drug-likeness (QED) is 0.518. The third-order valence-corrected chi connectivity index (χ3v) is 5.22.